The van der Waals surface area contributed by atoms with Gasteiger partial charge in [0, 0.05) is 25.2 Å². The van der Waals surface area contributed by atoms with Crippen LogP contribution in [-0.2, 0) is 22.5 Å². The van der Waals surface area contributed by atoms with Crippen LogP contribution in [0.25, 0.3) is 0 Å². The molecule has 0 saturated carbocycles. The molecule has 0 aromatic heterocycles. The highest BCUT2D eigenvalue weighted by Gasteiger charge is 2.20. The summed E-state index contributed by atoms with van der Waals surface area (Å²) in [5.74, 6) is -0.253. The lowest BCUT2D eigenvalue weighted by Crippen LogP contribution is -2.35. The van der Waals surface area contributed by atoms with Crippen molar-refractivity contribution < 1.29 is 14.5 Å². The van der Waals surface area contributed by atoms with Gasteiger partial charge in [-0.25, -0.2) is 0 Å². The van der Waals surface area contributed by atoms with Crippen molar-refractivity contribution in [2.45, 2.75) is 19.9 Å². The van der Waals surface area contributed by atoms with Gasteiger partial charge in [-0.3, -0.25) is 19.8 Å². The highest BCUT2D eigenvalue weighted by atomic mass is 16.6. The van der Waals surface area contributed by atoms with Gasteiger partial charge in [0.25, 0.3) is 5.69 Å². The van der Waals surface area contributed by atoms with Gasteiger partial charge in [0.15, 0.2) is 0 Å². The van der Waals surface area contributed by atoms with Gasteiger partial charge in [0.2, 0.25) is 0 Å². The molecule has 0 aliphatic carbocycles. The number of hydrogen-bond donors (Lipinski definition) is 0. The predicted molar refractivity (Wildman–Crippen MR) is 68.7 cm³/mol. The van der Waals surface area contributed by atoms with E-state index in [-0.39, 0.29) is 18.2 Å². The second kappa shape index (κ2) is 5.79. The maximum Gasteiger partial charge on any atom is 0.320 e. The quantitative estimate of drug-likeness (QED) is 0.468. The summed E-state index contributed by atoms with van der Waals surface area (Å²) in [6.07, 6.45) is 0.798. The Balaban J connectivity index is 2.07. The molecule has 0 saturated heterocycles. The van der Waals surface area contributed by atoms with Crippen LogP contribution in [0.1, 0.15) is 18.1 Å². The first-order chi connectivity index (χ1) is 9.10. The number of hydrogen-bond acceptors (Lipinski definition) is 5. The van der Waals surface area contributed by atoms with Crippen molar-refractivity contribution in [1.29, 1.82) is 0 Å². The molecule has 102 valence electrons. The Hall–Kier alpha value is -1.95. The normalized spacial score (nSPS) is 14.8. The number of non-ortho nitro benzene ring substituents is 1. The second-order valence-electron chi connectivity index (χ2n) is 4.48. The maximum absolute atomic E-state index is 11.4. The number of nitro benzene ring substituents is 1. The molecule has 1 aromatic carbocycles. The molecule has 0 spiro atoms. The standard InChI is InChI=1S/C13H16N2O4/c1-2-19-13(16)9-14-6-5-10-3-4-12(15(17)18)7-11(10)8-14/h3-4,7H,2,5-6,8-9H2,1H3. The first kappa shape index (κ1) is 13.5. The minimum Gasteiger partial charge on any atom is -0.465 e. The zero-order chi connectivity index (χ0) is 13.8. The minimum atomic E-state index is -0.398. The number of fused-ring (bicyclic) bond motifs is 1. The summed E-state index contributed by atoms with van der Waals surface area (Å²) in [5, 5.41) is 10.7. The minimum absolute atomic E-state index is 0.0942. The molecule has 1 heterocycles. The Morgan fingerprint density at radius 1 is 1.47 bits per heavy atom. The summed E-state index contributed by atoms with van der Waals surface area (Å²) in [6, 6.07) is 4.92. The van der Waals surface area contributed by atoms with Gasteiger partial charge in [-0.05, 0) is 24.5 Å². The third-order valence-corrected chi connectivity index (χ3v) is 3.15. The van der Waals surface area contributed by atoms with Gasteiger partial charge < -0.3 is 4.74 Å². The Labute approximate surface area is 111 Å². The average molecular weight is 264 g/mol. The number of carbonyl (C=O) groups excluding carboxylic acids is 1. The zero-order valence-electron chi connectivity index (χ0n) is 10.8. The van der Waals surface area contributed by atoms with Crippen molar-refractivity contribution in [1.82, 2.24) is 4.90 Å². The summed E-state index contributed by atoms with van der Waals surface area (Å²) in [4.78, 5) is 23.7. The Morgan fingerprint density at radius 2 is 2.26 bits per heavy atom. The molecule has 0 atom stereocenters. The largest absolute Gasteiger partial charge is 0.465 e. The Bertz CT molecular complexity index is 501. The molecule has 0 amide bonds. The van der Waals surface area contributed by atoms with Crippen molar-refractivity contribution in [3.05, 3.63) is 39.4 Å². The van der Waals surface area contributed by atoms with E-state index in [1.54, 1.807) is 19.1 Å². The van der Waals surface area contributed by atoms with Gasteiger partial charge in [-0.2, -0.15) is 0 Å². The van der Waals surface area contributed by atoms with E-state index in [1.807, 2.05) is 4.90 Å². The number of esters is 1. The fraction of sp³-hybridized carbons (Fsp3) is 0.462. The van der Waals surface area contributed by atoms with E-state index in [0.29, 0.717) is 13.2 Å². The number of nitrogens with zero attached hydrogens (tertiary/aromatic N) is 2. The van der Waals surface area contributed by atoms with Crippen LogP contribution in [0.5, 0.6) is 0 Å². The molecule has 0 bridgehead atoms. The van der Waals surface area contributed by atoms with E-state index in [1.165, 1.54) is 6.07 Å². The number of ether oxygens (including phenoxy) is 1. The van der Waals surface area contributed by atoms with Crippen LogP contribution >= 0.6 is 0 Å². The van der Waals surface area contributed by atoms with Crippen LogP contribution < -0.4 is 0 Å². The van der Waals surface area contributed by atoms with Gasteiger partial charge in [-0.1, -0.05) is 6.07 Å². The van der Waals surface area contributed by atoms with Crippen molar-refractivity contribution in [2.24, 2.45) is 0 Å². The van der Waals surface area contributed by atoms with Crippen molar-refractivity contribution in [3.8, 4) is 0 Å². The predicted octanol–water partition coefficient (Wildman–Crippen LogP) is 1.52. The van der Waals surface area contributed by atoms with E-state index >= 15 is 0 Å². The van der Waals surface area contributed by atoms with Gasteiger partial charge >= 0.3 is 5.97 Å². The Kier molecular flexibility index (Phi) is 4.11. The van der Waals surface area contributed by atoms with Gasteiger partial charge in [0.1, 0.15) is 0 Å². The zero-order valence-corrected chi connectivity index (χ0v) is 10.8. The number of carbonyl (C=O) groups is 1. The Morgan fingerprint density at radius 3 is 2.95 bits per heavy atom. The molecule has 0 N–H and O–H groups in total. The van der Waals surface area contributed by atoms with Gasteiger partial charge in [-0.15, -0.1) is 0 Å². The maximum atomic E-state index is 11.4. The molecule has 0 fully saturated rings. The molecular formula is C13H16N2O4. The molecule has 0 unspecified atom stereocenters. The summed E-state index contributed by atoms with van der Waals surface area (Å²) in [7, 11) is 0. The van der Waals surface area contributed by atoms with E-state index < -0.39 is 4.92 Å². The molecule has 2 rings (SSSR count). The molecule has 1 aliphatic rings. The first-order valence-electron chi connectivity index (χ1n) is 6.24. The summed E-state index contributed by atoms with van der Waals surface area (Å²) >= 11 is 0. The lowest BCUT2D eigenvalue weighted by atomic mass is 9.99. The smallest absolute Gasteiger partial charge is 0.320 e. The summed E-state index contributed by atoms with van der Waals surface area (Å²) in [6.45, 7) is 3.69. The van der Waals surface area contributed by atoms with Gasteiger partial charge in [0.05, 0.1) is 18.1 Å². The molecule has 6 heteroatoms. The van der Waals surface area contributed by atoms with Crippen molar-refractivity contribution in [3.63, 3.8) is 0 Å². The van der Waals surface area contributed by atoms with Crippen molar-refractivity contribution >= 4 is 11.7 Å². The first-order valence-corrected chi connectivity index (χ1v) is 6.24. The topological polar surface area (TPSA) is 72.7 Å². The van der Waals surface area contributed by atoms with Crippen LogP contribution in [0.15, 0.2) is 18.2 Å². The number of benzene rings is 1. The molecular weight excluding hydrogens is 248 g/mol. The summed E-state index contributed by atoms with van der Waals surface area (Å²) in [5.41, 5.74) is 2.13. The average Bonchev–Trinajstić information content (AvgIpc) is 2.38. The second-order valence-corrected chi connectivity index (χ2v) is 4.48. The molecule has 6 nitrogen and oxygen atoms in total. The lowest BCUT2D eigenvalue weighted by molar-refractivity contribution is -0.385. The third kappa shape index (κ3) is 3.29. The highest BCUT2D eigenvalue weighted by Crippen LogP contribution is 2.23. The van der Waals surface area contributed by atoms with Crippen molar-refractivity contribution in [2.75, 3.05) is 19.7 Å². The highest BCUT2D eigenvalue weighted by molar-refractivity contribution is 5.71. The lowest BCUT2D eigenvalue weighted by Gasteiger charge is -2.27. The van der Waals surface area contributed by atoms with Crippen LogP contribution in [0.4, 0.5) is 5.69 Å². The number of rotatable bonds is 4. The molecule has 19 heavy (non-hydrogen) atoms. The summed E-state index contributed by atoms with van der Waals surface area (Å²) < 4.78 is 4.91. The molecule has 1 aromatic rings. The fourth-order valence-corrected chi connectivity index (χ4v) is 2.24. The van der Waals surface area contributed by atoms with E-state index in [4.69, 9.17) is 4.74 Å². The molecule has 1 aliphatic heterocycles. The number of nitro groups is 1. The monoisotopic (exact) mass is 264 g/mol. The van der Waals surface area contributed by atoms with Crippen LogP contribution in [0.2, 0.25) is 0 Å². The molecule has 0 radical (unpaired) electrons. The van der Waals surface area contributed by atoms with E-state index in [2.05, 4.69) is 0 Å². The van der Waals surface area contributed by atoms with E-state index in [0.717, 1.165) is 24.1 Å². The van der Waals surface area contributed by atoms with Crippen LogP contribution in [0, 0.1) is 10.1 Å². The van der Waals surface area contributed by atoms with E-state index in [9.17, 15) is 14.9 Å². The van der Waals surface area contributed by atoms with Crippen LogP contribution in [0.3, 0.4) is 0 Å². The third-order valence-electron chi connectivity index (χ3n) is 3.15. The SMILES string of the molecule is CCOC(=O)CN1CCc2ccc([N+](=O)[O-])cc2C1. The van der Waals surface area contributed by atoms with Crippen LogP contribution in [-0.4, -0.2) is 35.5 Å². The fourth-order valence-electron chi connectivity index (χ4n) is 2.24.